The van der Waals surface area contributed by atoms with E-state index >= 15 is 0 Å². The van der Waals surface area contributed by atoms with Gasteiger partial charge in [0, 0.05) is 35.8 Å². The molecule has 0 radical (unpaired) electrons. The number of amides is 1. The van der Waals surface area contributed by atoms with Crippen LogP contribution in [-0.2, 0) is 10.0 Å². The molecule has 0 aliphatic carbocycles. The minimum absolute atomic E-state index is 0.0744. The van der Waals surface area contributed by atoms with Crippen LogP contribution >= 0.6 is 0 Å². The molecule has 0 bridgehead atoms. The first-order valence-electron chi connectivity index (χ1n) is 8.80. The Morgan fingerprint density at radius 1 is 0.963 bits per heavy atom. The summed E-state index contributed by atoms with van der Waals surface area (Å²) in [5.41, 5.74) is 1.50. The van der Waals surface area contributed by atoms with Gasteiger partial charge in [-0.25, -0.2) is 8.42 Å². The van der Waals surface area contributed by atoms with Gasteiger partial charge in [0.25, 0.3) is 5.91 Å². The Kier molecular flexibility index (Phi) is 5.60. The molecule has 1 aliphatic heterocycles. The third-order valence-electron chi connectivity index (χ3n) is 4.62. The lowest BCUT2D eigenvalue weighted by molar-refractivity contribution is 0.0650. The Hall–Kier alpha value is -2.67. The molecule has 1 heterocycles. The van der Waals surface area contributed by atoms with E-state index in [4.69, 9.17) is 0 Å². The highest BCUT2D eigenvalue weighted by Gasteiger charge is 2.28. The summed E-state index contributed by atoms with van der Waals surface area (Å²) < 4.78 is 25.1. The number of nitrogens with zero attached hydrogens (tertiary/aromatic N) is 1. The van der Waals surface area contributed by atoms with Gasteiger partial charge in [0.15, 0.2) is 5.78 Å². The summed E-state index contributed by atoms with van der Waals surface area (Å²) in [5, 5.41) is 0. The number of piperidine rings is 1. The molecule has 3 rings (SSSR count). The maximum Gasteiger partial charge on any atom is 0.253 e. The number of ketones is 1. The average molecular weight is 386 g/mol. The number of benzene rings is 2. The fourth-order valence-corrected chi connectivity index (χ4v) is 3.85. The summed E-state index contributed by atoms with van der Waals surface area (Å²) in [6, 6.07) is 15.7. The zero-order chi connectivity index (χ0) is 19.4. The molecule has 6 nitrogen and oxygen atoms in total. The standard InChI is InChI=1S/C20H22N2O4S/c1-27(25,26)21-18-9-5-8-17(14-18)20(24)22-12-10-16(11-13-22)19(23)15-6-3-2-4-7-15/h2-9,14,16,21H,10-13H2,1H3. The first kappa shape index (κ1) is 19.1. The van der Waals surface area contributed by atoms with Crippen LogP contribution in [0.5, 0.6) is 0 Å². The van der Waals surface area contributed by atoms with Crippen LogP contribution in [0, 0.1) is 5.92 Å². The molecule has 7 heteroatoms. The lowest BCUT2D eigenvalue weighted by Gasteiger charge is -2.31. The van der Waals surface area contributed by atoms with Gasteiger partial charge in [-0.2, -0.15) is 0 Å². The van der Waals surface area contributed by atoms with Crippen molar-refractivity contribution in [2.24, 2.45) is 5.92 Å². The second kappa shape index (κ2) is 7.92. The lowest BCUT2D eigenvalue weighted by atomic mass is 9.88. The predicted molar refractivity (Wildman–Crippen MR) is 104 cm³/mol. The Labute approximate surface area is 159 Å². The molecule has 1 aliphatic rings. The van der Waals surface area contributed by atoms with E-state index in [-0.39, 0.29) is 17.6 Å². The van der Waals surface area contributed by atoms with Gasteiger partial charge in [-0.05, 0) is 31.0 Å². The maximum atomic E-state index is 12.7. The molecule has 1 N–H and O–H groups in total. The molecule has 2 aromatic carbocycles. The molecule has 1 amide bonds. The topological polar surface area (TPSA) is 83.6 Å². The molecule has 1 saturated heterocycles. The number of Topliss-reactive ketones (excluding diaryl/α,β-unsaturated/α-hetero) is 1. The summed E-state index contributed by atoms with van der Waals surface area (Å²) in [6.07, 6.45) is 2.32. The fourth-order valence-electron chi connectivity index (χ4n) is 3.30. The van der Waals surface area contributed by atoms with E-state index < -0.39 is 10.0 Å². The predicted octanol–water partition coefficient (Wildman–Crippen LogP) is 2.79. The van der Waals surface area contributed by atoms with Crippen molar-refractivity contribution in [2.45, 2.75) is 12.8 Å². The number of sulfonamides is 1. The summed E-state index contributed by atoms with van der Waals surface area (Å²) in [7, 11) is -3.40. The zero-order valence-corrected chi connectivity index (χ0v) is 15.9. The van der Waals surface area contributed by atoms with Crippen molar-refractivity contribution in [1.82, 2.24) is 4.90 Å². The van der Waals surface area contributed by atoms with Gasteiger partial charge in [-0.1, -0.05) is 36.4 Å². The van der Waals surface area contributed by atoms with Crippen molar-refractivity contribution < 1.29 is 18.0 Å². The number of likely N-dealkylation sites (tertiary alicyclic amines) is 1. The monoisotopic (exact) mass is 386 g/mol. The molecule has 0 aromatic heterocycles. The van der Waals surface area contributed by atoms with Crippen molar-refractivity contribution in [2.75, 3.05) is 24.1 Å². The largest absolute Gasteiger partial charge is 0.339 e. The SMILES string of the molecule is CS(=O)(=O)Nc1cccc(C(=O)N2CCC(C(=O)c3ccccc3)CC2)c1. The normalized spacial score (nSPS) is 15.4. The molecule has 1 fully saturated rings. The van der Waals surface area contributed by atoms with Crippen molar-refractivity contribution in [3.63, 3.8) is 0 Å². The number of carbonyl (C=O) groups is 2. The van der Waals surface area contributed by atoms with Crippen molar-refractivity contribution >= 4 is 27.4 Å². The van der Waals surface area contributed by atoms with E-state index in [2.05, 4.69) is 4.72 Å². The third kappa shape index (κ3) is 4.95. The van der Waals surface area contributed by atoms with Crippen LogP contribution in [0.25, 0.3) is 0 Å². The van der Waals surface area contributed by atoms with Gasteiger partial charge in [-0.15, -0.1) is 0 Å². The van der Waals surface area contributed by atoms with Gasteiger partial charge in [0.05, 0.1) is 6.26 Å². The second-order valence-electron chi connectivity index (χ2n) is 6.75. The van der Waals surface area contributed by atoms with Gasteiger partial charge in [0.2, 0.25) is 10.0 Å². The summed E-state index contributed by atoms with van der Waals surface area (Å²) in [6.45, 7) is 1.01. The summed E-state index contributed by atoms with van der Waals surface area (Å²) in [5.74, 6) is -0.102. The van der Waals surface area contributed by atoms with Gasteiger partial charge >= 0.3 is 0 Å². The molecule has 0 unspecified atom stereocenters. The number of hydrogen-bond donors (Lipinski definition) is 1. The van der Waals surface area contributed by atoms with Crippen LogP contribution < -0.4 is 4.72 Å². The number of anilines is 1. The van der Waals surface area contributed by atoms with E-state index in [0.29, 0.717) is 42.7 Å². The van der Waals surface area contributed by atoms with Crippen LogP contribution in [-0.4, -0.2) is 44.4 Å². The van der Waals surface area contributed by atoms with E-state index in [0.717, 1.165) is 6.26 Å². The van der Waals surface area contributed by atoms with E-state index in [1.165, 1.54) is 6.07 Å². The Morgan fingerprint density at radius 2 is 1.59 bits per heavy atom. The Balaban J connectivity index is 1.63. The molecule has 27 heavy (non-hydrogen) atoms. The molecule has 0 atom stereocenters. The van der Waals surface area contributed by atoms with E-state index in [1.807, 2.05) is 30.3 Å². The Bertz CT molecular complexity index is 933. The van der Waals surface area contributed by atoms with Crippen LogP contribution in [0.2, 0.25) is 0 Å². The molecule has 2 aromatic rings. The van der Waals surface area contributed by atoms with Crippen LogP contribution in [0.3, 0.4) is 0 Å². The molecule has 142 valence electrons. The number of rotatable bonds is 5. The minimum atomic E-state index is -3.40. The summed E-state index contributed by atoms with van der Waals surface area (Å²) in [4.78, 5) is 27.0. The summed E-state index contributed by atoms with van der Waals surface area (Å²) >= 11 is 0. The van der Waals surface area contributed by atoms with Crippen molar-refractivity contribution in [3.05, 3.63) is 65.7 Å². The number of hydrogen-bond acceptors (Lipinski definition) is 4. The first-order valence-corrected chi connectivity index (χ1v) is 10.7. The van der Waals surface area contributed by atoms with Gasteiger partial charge in [-0.3, -0.25) is 14.3 Å². The van der Waals surface area contributed by atoms with Crippen LogP contribution in [0.4, 0.5) is 5.69 Å². The van der Waals surface area contributed by atoms with Crippen molar-refractivity contribution in [3.8, 4) is 0 Å². The smallest absolute Gasteiger partial charge is 0.253 e. The maximum absolute atomic E-state index is 12.7. The average Bonchev–Trinajstić information content (AvgIpc) is 2.66. The molecule has 0 spiro atoms. The third-order valence-corrected chi connectivity index (χ3v) is 5.23. The second-order valence-corrected chi connectivity index (χ2v) is 8.50. The quantitative estimate of drug-likeness (QED) is 0.801. The van der Waals surface area contributed by atoms with Gasteiger partial charge < -0.3 is 4.90 Å². The minimum Gasteiger partial charge on any atom is -0.339 e. The first-order chi connectivity index (χ1) is 12.8. The molecular formula is C20H22N2O4S. The fraction of sp³-hybridized carbons (Fsp3) is 0.300. The van der Waals surface area contributed by atoms with E-state index in [9.17, 15) is 18.0 Å². The highest BCUT2D eigenvalue weighted by molar-refractivity contribution is 7.92. The Morgan fingerprint density at radius 3 is 2.22 bits per heavy atom. The van der Waals surface area contributed by atoms with E-state index in [1.54, 1.807) is 23.1 Å². The highest BCUT2D eigenvalue weighted by Crippen LogP contribution is 2.23. The molecular weight excluding hydrogens is 364 g/mol. The lowest BCUT2D eigenvalue weighted by Crippen LogP contribution is -2.40. The zero-order valence-electron chi connectivity index (χ0n) is 15.1. The molecule has 0 saturated carbocycles. The van der Waals surface area contributed by atoms with Crippen molar-refractivity contribution in [1.29, 1.82) is 0 Å². The van der Waals surface area contributed by atoms with Crippen LogP contribution in [0.1, 0.15) is 33.6 Å². The number of carbonyl (C=O) groups excluding carboxylic acids is 2. The van der Waals surface area contributed by atoms with Crippen LogP contribution in [0.15, 0.2) is 54.6 Å². The van der Waals surface area contributed by atoms with Gasteiger partial charge in [0.1, 0.15) is 0 Å². The number of nitrogens with one attached hydrogen (secondary N) is 1. The highest BCUT2D eigenvalue weighted by atomic mass is 32.2.